The topological polar surface area (TPSA) is 133 Å². The lowest BCUT2D eigenvalue weighted by Crippen LogP contribution is -2.02. The summed E-state index contributed by atoms with van der Waals surface area (Å²) >= 11 is 2.73. The summed E-state index contributed by atoms with van der Waals surface area (Å²) in [5.41, 5.74) is -1.20. The predicted molar refractivity (Wildman–Crippen MR) is 72.1 cm³/mol. The average Bonchev–Trinajstić information content (AvgIpc) is 3.01. The average molecular weight is 372 g/mol. The third-order valence-corrected chi connectivity index (χ3v) is 3.15. The van der Waals surface area contributed by atoms with Crippen LogP contribution in [0.5, 0.6) is 0 Å². The van der Waals surface area contributed by atoms with Crippen molar-refractivity contribution in [1.82, 2.24) is 20.6 Å². The number of nitro benzene ring substituents is 1. The lowest BCUT2D eigenvalue weighted by Gasteiger charge is -2.07. The number of hydrogen-bond donors (Lipinski definition) is 2. The molecular weight excluding hydrogens is 368 g/mol. The van der Waals surface area contributed by atoms with Crippen molar-refractivity contribution in [2.75, 3.05) is 5.32 Å². The molecule has 112 valence electrons. The number of nitro groups is 1. The van der Waals surface area contributed by atoms with E-state index in [1.807, 2.05) is 0 Å². The SMILES string of the molecule is N#CC(=CNc1c([N+](=O)[O-])cc(F)c(F)c1Br)c1nn[nH]n1. The second kappa shape index (κ2) is 6.22. The Hall–Kier alpha value is -2.94. The first kappa shape index (κ1) is 15.4. The molecule has 1 aromatic carbocycles. The molecule has 0 unspecified atom stereocenters. The number of aromatic amines is 1. The fourth-order valence-corrected chi connectivity index (χ4v) is 1.94. The number of hydrogen-bond acceptors (Lipinski definition) is 7. The number of H-pyrrole nitrogens is 1. The quantitative estimate of drug-likeness (QED) is 0.363. The number of nitriles is 1. The van der Waals surface area contributed by atoms with Gasteiger partial charge in [0.25, 0.3) is 5.69 Å². The lowest BCUT2D eigenvalue weighted by atomic mass is 10.2. The van der Waals surface area contributed by atoms with Gasteiger partial charge < -0.3 is 5.32 Å². The molecule has 0 spiro atoms. The summed E-state index contributed by atoms with van der Waals surface area (Å²) < 4.78 is 26.3. The Morgan fingerprint density at radius 3 is 2.86 bits per heavy atom. The number of nitrogens with zero attached hydrogens (tertiary/aromatic N) is 5. The van der Waals surface area contributed by atoms with Crippen LogP contribution in [0.4, 0.5) is 20.2 Å². The highest BCUT2D eigenvalue weighted by molar-refractivity contribution is 9.10. The molecule has 0 aliphatic rings. The molecule has 9 nitrogen and oxygen atoms in total. The first-order valence-corrected chi connectivity index (χ1v) is 6.17. The smallest absolute Gasteiger partial charge is 0.296 e. The summed E-state index contributed by atoms with van der Waals surface area (Å²) in [6, 6.07) is 2.16. The van der Waals surface area contributed by atoms with Gasteiger partial charge in [0.05, 0.1) is 15.5 Å². The molecule has 0 fully saturated rings. The molecule has 1 aromatic heterocycles. The van der Waals surface area contributed by atoms with Crippen molar-refractivity contribution in [1.29, 1.82) is 5.26 Å². The van der Waals surface area contributed by atoms with Crippen molar-refractivity contribution >= 4 is 32.9 Å². The van der Waals surface area contributed by atoms with E-state index in [1.54, 1.807) is 6.07 Å². The number of allylic oxidation sites excluding steroid dienone is 1. The van der Waals surface area contributed by atoms with Gasteiger partial charge in [-0.15, -0.1) is 10.2 Å². The van der Waals surface area contributed by atoms with E-state index in [9.17, 15) is 18.9 Å². The monoisotopic (exact) mass is 371 g/mol. The number of anilines is 1. The van der Waals surface area contributed by atoms with Crippen LogP contribution >= 0.6 is 15.9 Å². The molecular formula is C10H4BrF2N7O2. The molecule has 22 heavy (non-hydrogen) atoms. The minimum absolute atomic E-state index is 0.0728. The molecule has 1 heterocycles. The van der Waals surface area contributed by atoms with Gasteiger partial charge in [-0.2, -0.15) is 10.5 Å². The van der Waals surface area contributed by atoms with E-state index in [2.05, 4.69) is 41.9 Å². The van der Waals surface area contributed by atoms with Crippen molar-refractivity contribution in [3.63, 3.8) is 0 Å². The van der Waals surface area contributed by atoms with Crippen LogP contribution in [0.3, 0.4) is 0 Å². The van der Waals surface area contributed by atoms with Crippen LogP contribution in [0.15, 0.2) is 16.7 Å². The highest BCUT2D eigenvalue weighted by atomic mass is 79.9. The van der Waals surface area contributed by atoms with Crippen LogP contribution in [0, 0.1) is 33.1 Å². The predicted octanol–water partition coefficient (Wildman–Crippen LogP) is 2.13. The highest BCUT2D eigenvalue weighted by Crippen LogP contribution is 2.36. The van der Waals surface area contributed by atoms with Gasteiger partial charge in [0.2, 0.25) is 5.82 Å². The van der Waals surface area contributed by atoms with Crippen molar-refractivity contribution in [3.8, 4) is 6.07 Å². The van der Waals surface area contributed by atoms with Crippen molar-refractivity contribution in [2.45, 2.75) is 0 Å². The summed E-state index contributed by atoms with van der Waals surface area (Å²) in [6.45, 7) is 0. The van der Waals surface area contributed by atoms with Gasteiger partial charge in [-0.3, -0.25) is 10.1 Å². The van der Waals surface area contributed by atoms with Gasteiger partial charge >= 0.3 is 0 Å². The molecule has 0 saturated carbocycles. The Bertz CT molecular complexity index is 801. The molecule has 2 aromatic rings. The summed E-state index contributed by atoms with van der Waals surface area (Å²) in [5, 5.41) is 34.7. The van der Waals surface area contributed by atoms with Crippen LogP contribution in [0.25, 0.3) is 5.57 Å². The Labute approximate surface area is 128 Å². The molecule has 0 aliphatic carbocycles. The van der Waals surface area contributed by atoms with E-state index >= 15 is 0 Å². The molecule has 0 saturated heterocycles. The van der Waals surface area contributed by atoms with Crippen molar-refractivity contribution in [2.24, 2.45) is 0 Å². The molecule has 0 radical (unpaired) electrons. The molecule has 0 bridgehead atoms. The Morgan fingerprint density at radius 2 is 2.32 bits per heavy atom. The molecule has 0 aliphatic heterocycles. The maximum atomic E-state index is 13.5. The number of aromatic nitrogens is 4. The van der Waals surface area contributed by atoms with Crippen LogP contribution in [-0.4, -0.2) is 25.5 Å². The Morgan fingerprint density at radius 1 is 1.59 bits per heavy atom. The number of nitrogens with one attached hydrogen (secondary N) is 2. The molecule has 2 N–H and O–H groups in total. The number of benzene rings is 1. The van der Waals surface area contributed by atoms with Gasteiger partial charge in [0, 0.05) is 6.20 Å². The Kier molecular flexibility index (Phi) is 4.37. The van der Waals surface area contributed by atoms with Crippen molar-refractivity contribution in [3.05, 3.63) is 44.3 Å². The standard InChI is InChI=1S/C10H4BrF2N7O2/c11-7-8(13)5(12)1-6(20(21)22)9(7)15-3-4(2-14)10-16-18-19-17-10/h1,3,15H,(H,16,17,18,19). The van der Waals surface area contributed by atoms with Crippen molar-refractivity contribution < 1.29 is 13.7 Å². The third-order valence-electron chi connectivity index (χ3n) is 2.41. The van der Waals surface area contributed by atoms with Gasteiger partial charge in [0.15, 0.2) is 11.6 Å². The highest BCUT2D eigenvalue weighted by Gasteiger charge is 2.23. The van der Waals surface area contributed by atoms with Crippen LogP contribution in [0.2, 0.25) is 0 Å². The minimum atomic E-state index is -1.38. The maximum Gasteiger partial charge on any atom is 0.296 e. The second-order valence-corrected chi connectivity index (χ2v) is 4.48. The zero-order valence-electron chi connectivity index (χ0n) is 10.3. The third kappa shape index (κ3) is 2.88. The lowest BCUT2D eigenvalue weighted by molar-refractivity contribution is -0.384. The van der Waals surface area contributed by atoms with E-state index < -0.39 is 26.7 Å². The zero-order chi connectivity index (χ0) is 16.3. The molecule has 2 rings (SSSR count). The van der Waals surface area contributed by atoms with Gasteiger partial charge in [-0.1, -0.05) is 0 Å². The van der Waals surface area contributed by atoms with E-state index in [1.165, 1.54) is 0 Å². The maximum absolute atomic E-state index is 13.5. The number of tetrazole rings is 1. The summed E-state index contributed by atoms with van der Waals surface area (Å²) in [5.74, 6) is -2.76. The van der Waals surface area contributed by atoms with Gasteiger partial charge in [0.1, 0.15) is 17.3 Å². The van der Waals surface area contributed by atoms with Crippen LogP contribution in [0.1, 0.15) is 5.82 Å². The summed E-state index contributed by atoms with van der Waals surface area (Å²) in [7, 11) is 0. The van der Waals surface area contributed by atoms with E-state index in [0.29, 0.717) is 6.07 Å². The van der Waals surface area contributed by atoms with E-state index in [0.717, 1.165) is 6.20 Å². The number of rotatable bonds is 4. The number of halogens is 3. The first-order chi connectivity index (χ1) is 10.5. The minimum Gasteiger partial charge on any atom is -0.354 e. The van der Waals surface area contributed by atoms with Gasteiger partial charge in [-0.25, -0.2) is 8.78 Å². The fourth-order valence-electron chi connectivity index (χ4n) is 1.43. The first-order valence-electron chi connectivity index (χ1n) is 5.38. The fraction of sp³-hybridized carbons (Fsp3) is 0. The zero-order valence-corrected chi connectivity index (χ0v) is 11.9. The Balaban J connectivity index is 2.47. The molecule has 0 atom stereocenters. The van der Waals surface area contributed by atoms with Crippen LogP contribution < -0.4 is 5.32 Å². The van der Waals surface area contributed by atoms with Gasteiger partial charge in [-0.05, 0) is 21.1 Å². The largest absolute Gasteiger partial charge is 0.354 e. The molecule has 12 heteroatoms. The summed E-state index contributed by atoms with van der Waals surface area (Å²) in [4.78, 5) is 10.0. The van der Waals surface area contributed by atoms with Crippen LogP contribution in [-0.2, 0) is 0 Å². The van der Waals surface area contributed by atoms with E-state index in [4.69, 9.17) is 5.26 Å². The van der Waals surface area contributed by atoms with E-state index in [-0.39, 0.29) is 17.1 Å². The normalized spacial score (nSPS) is 11.1. The molecule has 0 amide bonds. The second-order valence-electron chi connectivity index (χ2n) is 3.69. The summed E-state index contributed by atoms with van der Waals surface area (Å²) in [6.07, 6.45) is 1.01.